The van der Waals surface area contributed by atoms with Crippen LogP contribution in [0.5, 0.6) is 0 Å². The highest BCUT2D eigenvalue weighted by molar-refractivity contribution is 5.28. The molecule has 0 atom stereocenters. The molecule has 7 heteroatoms. The molecule has 0 aromatic carbocycles. The summed E-state index contributed by atoms with van der Waals surface area (Å²) in [6, 6.07) is 0.251. The molecule has 1 aromatic rings. The average molecular weight is 227 g/mol. The molecule has 0 saturated carbocycles. The fraction of sp³-hybridized carbons (Fsp3) is 0.375. The van der Waals surface area contributed by atoms with Crippen LogP contribution in [0.2, 0.25) is 0 Å². The molecule has 1 heterocycles. The summed E-state index contributed by atoms with van der Waals surface area (Å²) in [5.74, 6) is 0. The van der Waals surface area contributed by atoms with Crippen LogP contribution in [-0.2, 0) is 6.18 Å². The van der Waals surface area contributed by atoms with Gasteiger partial charge in [-0.15, -0.1) is 0 Å². The third-order valence-corrected chi connectivity index (χ3v) is 1.84. The topological polar surface area (TPSA) is 32.9 Å². The second kappa shape index (κ2) is 3.63. The molecule has 1 rings (SSSR count). The van der Waals surface area contributed by atoms with Gasteiger partial charge in [-0.05, 0) is 13.0 Å². The Hall–Kier alpha value is -1.40. The Morgan fingerprint density at radius 1 is 1.33 bits per heavy atom. The second-order valence-corrected chi connectivity index (χ2v) is 2.89. The van der Waals surface area contributed by atoms with Crippen LogP contribution in [0, 0.1) is 6.92 Å². The van der Waals surface area contributed by atoms with E-state index >= 15 is 0 Å². The summed E-state index contributed by atoms with van der Waals surface area (Å²) < 4.78 is 61.0. The lowest BCUT2D eigenvalue weighted by molar-refractivity contribution is -0.138. The van der Waals surface area contributed by atoms with Gasteiger partial charge < -0.3 is 4.98 Å². The van der Waals surface area contributed by atoms with Crippen molar-refractivity contribution in [2.24, 2.45) is 0 Å². The van der Waals surface area contributed by atoms with Crippen LogP contribution in [-0.4, -0.2) is 4.98 Å². The van der Waals surface area contributed by atoms with E-state index in [1.807, 2.05) is 0 Å². The Morgan fingerprint density at radius 2 is 1.87 bits per heavy atom. The van der Waals surface area contributed by atoms with Gasteiger partial charge >= 0.3 is 6.18 Å². The van der Waals surface area contributed by atoms with Crippen LogP contribution < -0.4 is 5.56 Å². The van der Waals surface area contributed by atoms with Crippen molar-refractivity contribution in [3.05, 3.63) is 33.2 Å². The Bertz CT molecular complexity index is 420. The zero-order valence-corrected chi connectivity index (χ0v) is 7.45. The summed E-state index contributed by atoms with van der Waals surface area (Å²) in [5, 5.41) is 0. The summed E-state index contributed by atoms with van der Waals surface area (Å²) in [6.45, 7) is 0.927. The largest absolute Gasteiger partial charge is 0.416 e. The molecule has 1 aromatic heterocycles. The van der Waals surface area contributed by atoms with Crippen LogP contribution in [0.4, 0.5) is 22.0 Å². The van der Waals surface area contributed by atoms with Gasteiger partial charge in [0.15, 0.2) is 0 Å². The SMILES string of the molecule is Cc1c(C(F)(F)F)cc(C(F)F)[nH]c1=O. The van der Waals surface area contributed by atoms with Gasteiger partial charge in [0, 0.05) is 5.56 Å². The molecule has 0 spiro atoms. The van der Waals surface area contributed by atoms with Crippen molar-refractivity contribution in [2.75, 3.05) is 0 Å². The molecule has 84 valence electrons. The predicted molar refractivity (Wildman–Crippen MR) is 41.8 cm³/mol. The minimum Gasteiger partial charge on any atom is -0.321 e. The van der Waals surface area contributed by atoms with E-state index in [0.717, 1.165) is 6.92 Å². The summed E-state index contributed by atoms with van der Waals surface area (Å²) in [4.78, 5) is 12.6. The summed E-state index contributed by atoms with van der Waals surface area (Å²) in [5.41, 5.74) is -4.13. The highest BCUT2D eigenvalue weighted by Crippen LogP contribution is 2.32. The molecule has 0 saturated heterocycles. The van der Waals surface area contributed by atoms with E-state index in [1.54, 1.807) is 4.98 Å². The minimum atomic E-state index is -4.80. The van der Waals surface area contributed by atoms with Crippen molar-refractivity contribution >= 4 is 0 Å². The van der Waals surface area contributed by atoms with Gasteiger partial charge in [-0.2, -0.15) is 13.2 Å². The highest BCUT2D eigenvalue weighted by Gasteiger charge is 2.34. The Morgan fingerprint density at radius 3 is 2.27 bits per heavy atom. The van der Waals surface area contributed by atoms with Crippen molar-refractivity contribution in [1.29, 1.82) is 0 Å². The van der Waals surface area contributed by atoms with Crippen molar-refractivity contribution in [2.45, 2.75) is 19.5 Å². The van der Waals surface area contributed by atoms with E-state index in [-0.39, 0.29) is 6.07 Å². The van der Waals surface area contributed by atoms with Crippen LogP contribution in [0.3, 0.4) is 0 Å². The molecule has 0 aliphatic heterocycles. The first kappa shape index (κ1) is 11.7. The number of rotatable bonds is 1. The van der Waals surface area contributed by atoms with Crippen molar-refractivity contribution in [1.82, 2.24) is 4.98 Å². The molecule has 15 heavy (non-hydrogen) atoms. The zero-order valence-electron chi connectivity index (χ0n) is 7.45. The van der Waals surface area contributed by atoms with Gasteiger partial charge in [-0.25, -0.2) is 8.78 Å². The van der Waals surface area contributed by atoms with Gasteiger partial charge in [-0.3, -0.25) is 4.79 Å². The van der Waals surface area contributed by atoms with E-state index in [9.17, 15) is 26.7 Å². The molecule has 0 unspecified atom stereocenters. The van der Waals surface area contributed by atoms with Gasteiger partial charge in [0.25, 0.3) is 12.0 Å². The molecule has 0 aliphatic carbocycles. The van der Waals surface area contributed by atoms with E-state index in [1.165, 1.54) is 0 Å². The van der Waals surface area contributed by atoms with Crippen LogP contribution in [0.1, 0.15) is 23.2 Å². The maximum Gasteiger partial charge on any atom is 0.416 e. The minimum absolute atomic E-state index is 0.251. The smallest absolute Gasteiger partial charge is 0.321 e. The first-order valence-electron chi connectivity index (χ1n) is 3.82. The predicted octanol–water partition coefficient (Wildman–Crippen LogP) is 2.64. The Balaban J connectivity index is 3.46. The normalized spacial score (nSPS) is 12.2. The lowest BCUT2D eigenvalue weighted by Gasteiger charge is -2.10. The molecule has 1 N–H and O–H groups in total. The van der Waals surface area contributed by atoms with Crippen molar-refractivity contribution < 1.29 is 22.0 Å². The van der Waals surface area contributed by atoms with E-state index in [2.05, 4.69) is 0 Å². The lowest BCUT2D eigenvalue weighted by Crippen LogP contribution is -2.20. The van der Waals surface area contributed by atoms with E-state index in [4.69, 9.17) is 0 Å². The van der Waals surface area contributed by atoms with E-state index < -0.39 is 35.0 Å². The fourth-order valence-corrected chi connectivity index (χ4v) is 1.06. The Kier molecular flexibility index (Phi) is 2.83. The number of aromatic nitrogens is 1. The first-order chi connectivity index (χ1) is 6.73. The first-order valence-corrected chi connectivity index (χ1v) is 3.82. The van der Waals surface area contributed by atoms with Gasteiger partial charge in [0.1, 0.15) is 0 Å². The summed E-state index contributed by atoms with van der Waals surface area (Å²) in [6.07, 6.45) is -7.94. The third-order valence-electron chi connectivity index (χ3n) is 1.84. The second-order valence-electron chi connectivity index (χ2n) is 2.89. The fourth-order valence-electron chi connectivity index (χ4n) is 1.06. The molecule has 2 nitrogen and oxygen atoms in total. The highest BCUT2D eigenvalue weighted by atomic mass is 19.4. The third kappa shape index (κ3) is 2.34. The molecule has 0 amide bonds. The quantitative estimate of drug-likeness (QED) is 0.735. The zero-order chi connectivity index (χ0) is 11.8. The van der Waals surface area contributed by atoms with Crippen LogP contribution >= 0.6 is 0 Å². The number of pyridine rings is 1. The summed E-state index contributed by atoms with van der Waals surface area (Å²) >= 11 is 0. The molecular formula is C8H6F5NO. The maximum atomic E-state index is 12.3. The number of hydrogen-bond donors (Lipinski definition) is 1. The Labute approximate surface area is 80.7 Å². The van der Waals surface area contributed by atoms with Crippen LogP contribution in [0.25, 0.3) is 0 Å². The number of hydrogen-bond acceptors (Lipinski definition) is 1. The molecule has 0 bridgehead atoms. The maximum absolute atomic E-state index is 12.3. The lowest BCUT2D eigenvalue weighted by atomic mass is 10.1. The molecular weight excluding hydrogens is 221 g/mol. The monoisotopic (exact) mass is 227 g/mol. The molecule has 0 fully saturated rings. The average Bonchev–Trinajstić information content (AvgIpc) is 2.06. The van der Waals surface area contributed by atoms with Crippen molar-refractivity contribution in [3.8, 4) is 0 Å². The molecule has 0 aliphatic rings. The number of H-pyrrole nitrogens is 1. The standard InChI is InChI=1S/C8H6F5NO/c1-3-4(8(11,12)13)2-5(6(9)10)14-7(3)15/h2,6H,1H3,(H,14,15). The van der Waals surface area contributed by atoms with Crippen LogP contribution in [0.15, 0.2) is 10.9 Å². The van der Waals surface area contributed by atoms with Gasteiger partial charge in [0.2, 0.25) is 0 Å². The van der Waals surface area contributed by atoms with Gasteiger partial charge in [0.05, 0.1) is 11.3 Å². The number of halogens is 5. The number of aromatic amines is 1. The summed E-state index contributed by atoms with van der Waals surface area (Å²) in [7, 11) is 0. The number of nitrogens with one attached hydrogen (secondary N) is 1. The number of alkyl halides is 5. The van der Waals surface area contributed by atoms with Crippen molar-refractivity contribution in [3.63, 3.8) is 0 Å². The van der Waals surface area contributed by atoms with E-state index in [0.29, 0.717) is 0 Å². The molecule has 0 radical (unpaired) electrons. The van der Waals surface area contributed by atoms with Gasteiger partial charge in [-0.1, -0.05) is 0 Å².